The third-order valence-corrected chi connectivity index (χ3v) is 5.05. The monoisotopic (exact) mass is 307 g/mol. The van der Waals surface area contributed by atoms with E-state index in [0.717, 1.165) is 34.4 Å². The first-order valence-electron chi connectivity index (χ1n) is 7.36. The summed E-state index contributed by atoms with van der Waals surface area (Å²) >= 11 is 1.50. The highest BCUT2D eigenvalue weighted by atomic mass is 32.2. The van der Waals surface area contributed by atoms with Crippen LogP contribution in [0.25, 0.3) is 0 Å². The van der Waals surface area contributed by atoms with E-state index in [-0.39, 0.29) is 0 Å². The molecule has 0 radical (unpaired) electrons. The highest BCUT2D eigenvalue weighted by molar-refractivity contribution is 7.99. The van der Waals surface area contributed by atoms with Crippen molar-refractivity contribution in [3.63, 3.8) is 0 Å². The van der Waals surface area contributed by atoms with Gasteiger partial charge in [0.05, 0.1) is 17.4 Å². The molecule has 1 fully saturated rings. The second-order valence-corrected chi connectivity index (χ2v) is 6.78. The lowest BCUT2D eigenvalue weighted by Crippen LogP contribution is -2.08. The number of anilines is 1. The number of aryl methyl sites for hydroxylation is 1. The number of tetrazole rings is 1. The standard InChI is InChI=1S/C13H21N7S/c1-8(2)11-10(14)12(19(3)16-11)21-13-15-17-18-20(13)9-6-4-5-7-9/h8-9H,4-7,14H2,1-3H3. The SMILES string of the molecule is CC(C)c1nn(C)c(Sc2nnnn2C2CCCC2)c1N. The number of nitrogen functional groups attached to an aromatic ring is 1. The Labute approximate surface area is 128 Å². The average molecular weight is 307 g/mol. The van der Waals surface area contributed by atoms with Crippen LogP contribution in [0.15, 0.2) is 10.2 Å². The fraction of sp³-hybridized carbons (Fsp3) is 0.692. The molecule has 3 rings (SSSR count). The molecule has 0 atom stereocenters. The maximum atomic E-state index is 6.24. The second-order valence-electron chi connectivity index (χ2n) is 5.83. The summed E-state index contributed by atoms with van der Waals surface area (Å²) < 4.78 is 3.77. The lowest BCUT2D eigenvalue weighted by Gasteiger charge is -2.11. The summed E-state index contributed by atoms with van der Waals surface area (Å²) in [6, 6.07) is 0.418. The van der Waals surface area contributed by atoms with Crippen LogP contribution in [0, 0.1) is 0 Å². The number of rotatable bonds is 4. The molecule has 0 bridgehead atoms. The predicted octanol–water partition coefficient (Wildman–Crippen LogP) is 2.38. The quantitative estimate of drug-likeness (QED) is 0.933. The van der Waals surface area contributed by atoms with Crippen molar-refractivity contribution in [3.05, 3.63) is 5.69 Å². The van der Waals surface area contributed by atoms with Crippen molar-refractivity contribution in [2.75, 3.05) is 5.73 Å². The number of aromatic nitrogens is 6. The third kappa shape index (κ3) is 2.64. The van der Waals surface area contributed by atoms with Gasteiger partial charge in [-0.2, -0.15) is 5.10 Å². The van der Waals surface area contributed by atoms with Crippen LogP contribution in [-0.2, 0) is 7.05 Å². The molecule has 1 saturated carbocycles. The van der Waals surface area contributed by atoms with E-state index in [1.165, 1.54) is 24.6 Å². The van der Waals surface area contributed by atoms with Crippen LogP contribution in [-0.4, -0.2) is 30.0 Å². The van der Waals surface area contributed by atoms with Crippen molar-refractivity contribution >= 4 is 17.4 Å². The Morgan fingerprint density at radius 3 is 2.62 bits per heavy atom. The molecule has 0 aromatic carbocycles. The van der Waals surface area contributed by atoms with Crippen molar-refractivity contribution in [1.29, 1.82) is 0 Å². The summed E-state index contributed by atoms with van der Waals surface area (Å²) in [6.07, 6.45) is 4.80. The van der Waals surface area contributed by atoms with Crippen molar-refractivity contribution in [1.82, 2.24) is 30.0 Å². The fourth-order valence-electron chi connectivity index (χ4n) is 2.81. The molecule has 2 aromatic rings. The van der Waals surface area contributed by atoms with E-state index >= 15 is 0 Å². The predicted molar refractivity (Wildman–Crippen MR) is 81.2 cm³/mol. The van der Waals surface area contributed by atoms with Crippen LogP contribution in [0.2, 0.25) is 0 Å². The van der Waals surface area contributed by atoms with Crippen LogP contribution in [0.4, 0.5) is 5.69 Å². The molecular weight excluding hydrogens is 286 g/mol. The molecule has 1 aliphatic carbocycles. The number of hydrogen-bond donors (Lipinski definition) is 1. The molecular formula is C13H21N7S. The number of nitrogens with two attached hydrogens (primary N) is 1. The van der Waals surface area contributed by atoms with Crippen LogP contribution in [0.1, 0.15) is 57.2 Å². The van der Waals surface area contributed by atoms with E-state index in [1.807, 2.05) is 16.4 Å². The maximum Gasteiger partial charge on any atom is 0.215 e. The highest BCUT2D eigenvalue weighted by Gasteiger charge is 2.24. The summed E-state index contributed by atoms with van der Waals surface area (Å²) in [5, 5.41) is 18.4. The smallest absolute Gasteiger partial charge is 0.215 e. The minimum Gasteiger partial charge on any atom is -0.395 e. The van der Waals surface area contributed by atoms with Gasteiger partial charge in [0.1, 0.15) is 5.03 Å². The molecule has 1 aliphatic rings. The first-order chi connectivity index (χ1) is 10.1. The minimum absolute atomic E-state index is 0.302. The second kappa shape index (κ2) is 5.67. The topological polar surface area (TPSA) is 87.4 Å². The van der Waals surface area contributed by atoms with Gasteiger partial charge >= 0.3 is 0 Å². The van der Waals surface area contributed by atoms with Crippen LogP contribution >= 0.6 is 11.8 Å². The highest BCUT2D eigenvalue weighted by Crippen LogP contribution is 2.37. The maximum absolute atomic E-state index is 6.24. The number of hydrogen-bond acceptors (Lipinski definition) is 6. The summed E-state index contributed by atoms with van der Waals surface area (Å²) in [5.41, 5.74) is 7.91. The van der Waals surface area contributed by atoms with E-state index in [1.54, 1.807) is 0 Å². The lowest BCUT2D eigenvalue weighted by atomic mass is 10.1. The summed E-state index contributed by atoms with van der Waals surface area (Å²) in [7, 11) is 1.91. The molecule has 0 saturated heterocycles. The Bertz CT molecular complexity index is 624. The largest absolute Gasteiger partial charge is 0.395 e. The zero-order valence-electron chi connectivity index (χ0n) is 12.7. The van der Waals surface area contributed by atoms with Crippen molar-refractivity contribution in [3.8, 4) is 0 Å². The molecule has 2 aromatic heterocycles. The Morgan fingerprint density at radius 2 is 2.00 bits per heavy atom. The van der Waals surface area contributed by atoms with Gasteiger partial charge in [-0.05, 0) is 40.9 Å². The van der Waals surface area contributed by atoms with Gasteiger partial charge < -0.3 is 5.73 Å². The molecule has 0 unspecified atom stereocenters. The van der Waals surface area contributed by atoms with E-state index in [4.69, 9.17) is 5.73 Å². The van der Waals surface area contributed by atoms with Gasteiger partial charge in [0.25, 0.3) is 0 Å². The van der Waals surface area contributed by atoms with Crippen molar-refractivity contribution < 1.29 is 0 Å². The van der Waals surface area contributed by atoms with E-state index in [2.05, 4.69) is 34.5 Å². The van der Waals surface area contributed by atoms with Gasteiger partial charge in [0, 0.05) is 7.05 Å². The van der Waals surface area contributed by atoms with Gasteiger partial charge in [0.15, 0.2) is 0 Å². The van der Waals surface area contributed by atoms with E-state index in [9.17, 15) is 0 Å². The zero-order chi connectivity index (χ0) is 15.0. The van der Waals surface area contributed by atoms with Crippen molar-refractivity contribution in [2.45, 2.75) is 61.7 Å². The van der Waals surface area contributed by atoms with Gasteiger partial charge in [-0.15, -0.1) is 5.10 Å². The number of nitrogens with zero attached hydrogens (tertiary/aromatic N) is 6. The fourth-order valence-corrected chi connectivity index (χ4v) is 3.73. The average Bonchev–Trinajstić information content (AvgIpc) is 3.14. The first kappa shape index (κ1) is 14.4. The van der Waals surface area contributed by atoms with Crippen LogP contribution in [0.5, 0.6) is 0 Å². The molecule has 21 heavy (non-hydrogen) atoms. The van der Waals surface area contributed by atoms with Gasteiger partial charge in [-0.25, -0.2) is 4.68 Å². The Kier molecular flexibility index (Phi) is 3.88. The summed E-state index contributed by atoms with van der Waals surface area (Å²) in [4.78, 5) is 0. The van der Waals surface area contributed by atoms with Gasteiger partial charge in [-0.3, -0.25) is 4.68 Å². The molecule has 0 aliphatic heterocycles. The molecule has 0 spiro atoms. The molecule has 2 N–H and O–H groups in total. The Morgan fingerprint density at radius 1 is 1.29 bits per heavy atom. The van der Waals surface area contributed by atoms with E-state index < -0.39 is 0 Å². The van der Waals surface area contributed by atoms with E-state index in [0.29, 0.717) is 12.0 Å². The zero-order valence-corrected chi connectivity index (χ0v) is 13.5. The molecule has 0 amide bonds. The molecule has 2 heterocycles. The molecule has 114 valence electrons. The van der Waals surface area contributed by atoms with Crippen LogP contribution in [0.3, 0.4) is 0 Å². The summed E-state index contributed by atoms with van der Waals surface area (Å²) in [6.45, 7) is 4.19. The first-order valence-corrected chi connectivity index (χ1v) is 8.17. The normalized spacial score (nSPS) is 16.2. The van der Waals surface area contributed by atoms with Gasteiger partial charge in [0.2, 0.25) is 5.16 Å². The molecule has 8 heteroatoms. The summed E-state index contributed by atoms with van der Waals surface area (Å²) in [5.74, 6) is 0.302. The van der Waals surface area contributed by atoms with Gasteiger partial charge in [-0.1, -0.05) is 26.7 Å². The Balaban J connectivity index is 1.89. The van der Waals surface area contributed by atoms with Crippen molar-refractivity contribution in [2.24, 2.45) is 7.05 Å². The lowest BCUT2D eigenvalue weighted by molar-refractivity contribution is 0.423. The third-order valence-electron chi connectivity index (χ3n) is 3.93. The Hall–Kier alpha value is -1.57. The van der Waals surface area contributed by atoms with Crippen LogP contribution < -0.4 is 5.73 Å². The molecule has 7 nitrogen and oxygen atoms in total. The minimum atomic E-state index is 0.302.